The number of rotatable bonds is 4. The lowest BCUT2D eigenvalue weighted by Gasteiger charge is -2.39. The van der Waals surface area contributed by atoms with Gasteiger partial charge in [0.2, 0.25) is 11.8 Å². The fourth-order valence-electron chi connectivity index (χ4n) is 2.50. The number of carbonyl (C=O) groups excluding carboxylic acids is 2. The number of hydrogen-bond donors (Lipinski definition) is 1. The minimum atomic E-state index is -0.386. The van der Waals surface area contributed by atoms with E-state index in [-0.39, 0.29) is 17.9 Å². The van der Waals surface area contributed by atoms with Gasteiger partial charge in [0.1, 0.15) is 6.04 Å². The molecule has 0 aromatic heterocycles. The lowest BCUT2D eigenvalue weighted by atomic mass is 10.0. The summed E-state index contributed by atoms with van der Waals surface area (Å²) in [5, 5.41) is 2.85. The standard InChI is InChI=1S/C19H18N2O2/c22-18(12-11-15-7-3-1-4-8-15)21-14-13-17(21)19(23)20-16-9-5-2-6-10-16/h1-12,17H,13-14H2,(H,20,23)/b12-11+. The summed E-state index contributed by atoms with van der Waals surface area (Å²) in [6.45, 7) is 0.616. The molecule has 4 heteroatoms. The Labute approximate surface area is 135 Å². The van der Waals surface area contributed by atoms with E-state index in [0.717, 1.165) is 11.3 Å². The van der Waals surface area contributed by atoms with E-state index in [1.54, 1.807) is 11.0 Å². The Morgan fingerprint density at radius 1 is 1.00 bits per heavy atom. The summed E-state index contributed by atoms with van der Waals surface area (Å²) in [5.41, 5.74) is 1.71. The molecule has 0 aliphatic carbocycles. The third-order valence-electron chi connectivity index (χ3n) is 3.86. The number of likely N-dealkylation sites (tertiary alicyclic amines) is 1. The van der Waals surface area contributed by atoms with E-state index in [4.69, 9.17) is 0 Å². The van der Waals surface area contributed by atoms with Gasteiger partial charge in [0.15, 0.2) is 0 Å². The summed E-state index contributed by atoms with van der Waals surface area (Å²) in [4.78, 5) is 26.1. The number of hydrogen-bond acceptors (Lipinski definition) is 2. The van der Waals surface area contributed by atoms with E-state index < -0.39 is 0 Å². The molecule has 3 rings (SSSR count). The second kappa shape index (κ2) is 6.92. The highest BCUT2D eigenvalue weighted by Gasteiger charge is 2.36. The average molecular weight is 306 g/mol. The molecular weight excluding hydrogens is 288 g/mol. The Morgan fingerprint density at radius 2 is 1.65 bits per heavy atom. The lowest BCUT2D eigenvalue weighted by molar-refractivity contribution is -0.141. The zero-order chi connectivity index (χ0) is 16.1. The molecule has 2 amide bonds. The predicted molar refractivity (Wildman–Crippen MR) is 90.7 cm³/mol. The topological polar surface area (TPSA) is 49.4 Å². The molecule has 1 aliphatic heterocycles. The van der Waals surface area contributed by atoms with Gasteiger partial charge in [0, 0.05) is 18.3 Å². The molecule has 1 fully saturated rings. The number of nitrogens with zero attached hydrogens (tertiary/aromatic N) is 1. The smallest absolute Gasteiger partial charge is 0.247 e. The number of anilines is 1. The van der Waals surface area contributed by atoms with Crippen LogP contribution in [0.2, 0.25) is 0 Å². The Bertz CT molecular complexity index is 711. The quantitative estimate of drug-likeness (QED) is 0.883. The van der Waals surface area contributed by atoms with E-state index in [2.05, 4.69) is 5.32 Å². The molecule has 0 spiro atoms. The number of para-hydroxylation sites is 1. The molecule has 1 heterocycles. The second-order valence-electron chi connectivity index (χ2n) is 5.44. The van der Waals surface area contributed by atoms with Crippen molar-refractivity contribution in [2.45, 2.75) is 12.5 Å². The molecule has 0 saturated carbocycles. The minimum absolute atomic E-state index is 0.131. The highest BCUT2D eigenvalue weighted by Crippen LogP contribution is 2.20. The van der Waals surface area contributed by atoms with Crippen LogP contribution in [0.5, 0.6) is 0 Å². The van der Waals surface area contributed by atoms with Crippen molar-refractivity contribution in [3.05, 3.63) is 72.3 Å². The molecule has 1 aliphatic rings. The molecule has 1 atom stereocenters. The first-order chi connectivity index (χ1) is 11.2. The third-order valence-corrected chi connectivity index (χ3v) is 3.86. The number of benzene rings is 2. The minimum Gasteiger partial charge on any atom is -0.327 e. The molecule has 0 radical (unpaired) electrons. The maximum Gasteiger partial charge on any atom is 0.247 e. The Morgan fingerprint density at radius 3 is 2.26 bits per heavy atom. The van der Waals surface area contributed by atoms with Crippen LogP contribution in [-0.4, -0.2) is 29.3 Å². The molecule has 4 nitrogen and oxygen atoms in total. The summed E-state index contributed by atoms with van der Waals surface area (Å²) in [6.07, 6.45) is 3.99. The molecule has 2 aromatic rings. The van der Waals surface area contributed by atoms with Gasteiger partial charge in [-0.05, 0) is 30.2 Å². The first-order valence-electron chi connectivity index (χ1n) is 7.64. The zero-order valence-corrected chi connectivity index (χ0v) is 12.7. The van der Waals surface area contributed by atoms with Crippen LogP contribution in [0.1, 0.15) is 12.0 Å². The first-order valence-corrected chi connectivity index (χ1v) is 7.64. The van der Waals surface area contributed by atoms with E-state index in [1.807, 2.05) is 60.7 Å². The van der Waals surface area contributed by atoms with Crippen LogP contribution in [0.15, 0.2) is 66.7 Å². The van der Waals surface area contributed by atoms with Crippen LogP contribution in [0.4, 0.5) is 5.69 Å². The predicted octanol–water partition coefficient (Wildman–Crippen LogP) is 2.94. The van der Waals surface area contributed by atoms with Crippen molar-refractivity contribution in [2.24, 2.45) is 0 Å². The van der Waals surface area contributed by atoms with Crippen molar-refractivity contribution in [1.82, 2.24) is 4.90 Å². The van der Waals surface area contributed by atoms with Crippen LogP contribution in [0, 0.1) is 0 Å². The second-order valence-corrected chi connectivity index (χ2v) is 5.44. The summed E-state index contributed by atoms with van der Waals surface area (Å²) in [7, 11) is 0. The number of nitrogens with one attached hydrogen (secondary N) is 1. The third kappa shape index (κ3) is 3.66. The summed E-state index contributed by atoms with van der Waals surface area (Å²) in [6, 6.07) is 18.5. The van der Waals surface area contributed by atoms with Crippen LogP contribution in [0.3, 0.4) is 0 Å². The monoisotopic (exact) mass is 306 g/mol. The van der Waals surface area contributed by atoms with E-state index in [9.17, 15) is 9.59 Å². The highest BCUT2D eigenvalue weighted by molar-refractivity contribution is 6.01. The number of carbonyl (C=O) groups is 2. The number of amides is 2. The van der Waals surface area contributed by atoms with Gasteiger partial charge in [-0.2, -0.15) is 0 Å². The molecule has 23 heavy (non-hydrogen) atoms. The van der Waals surface area contributed by atoms with E-state index in [0.29, 0.717) is 13.0 Å². The molecule has 1 N–H and O–H groups in total. The molecule has 2 aromatic carbocycles. The van der Waals surface area contributed by atoms with Crippen molar-refractivity contribution < 1.29 is 9.59 Å². The van der Waals surface area contributed by atoms with Crippen LogP contribution < -0.4 is 5.32 Å². The lowest BCUT2D eigenvalue weighted by Crippen LogP contribution is -2.56. The van der Waals surface area contributed by atoms with Crippen molar-refractivity contribution in [3.63, 3.8) is 0 Å². The van der Waals surface area contributed by atoms with Crippen LogP contribution >= 0.6 is 0 Å². The largest absolute Gasteiger partial charge is 0.327 e. The van der Waals surface area contributed by atoms with Gasteiger partial charge < -0.3 is 10.2 Å². The van der Waals surface area contributed by atoms with Crippen molar-refractivity contribution >= 4 is 23.6 Å². The highest BCUT2D eigenvalue weighted by atomic mass is 16.2. The maximum absolute atomic E-state index is 12.3. The van der Waals surface area contributed by atoms with Crippen molar-refractivity contribution in [1.29, 1.82) is 0 Å². The van der Waals surface area contributed by atoms with Gasteiger partial charge in [0.25, 0.3) is 0 Å². The normalized spacial score (nSPS) is 16.9. The van der Waals surface area contributed by atoms with Gasteiger partial charge >= 0.3 is 0 Å². The molecule has 1 saturated heterocycles. The van der Waals surface area contributed by atoms with Gasteiger partial charge in [-0.3, -0.25) is 9.59 Å². The van der Waals surface area contributed by atoms with Gasteiger partial charge in [-0.15, -0.1) is 0 Å². The van der Waals surface area contributed by atoms with Gasteiger partial charge in [0.05, 0.1) is 0 Å². The fraction of sp³-hybridized carbons (Fsp3) is 0.158. The molecule has 116 valence electrons. The van der Waals surface area contributed by atoms with Crippen LogP contribution in [-0.2, 0) is 9.59 Å². The van der Waals surface area contributed by atoms with Gasteiger partial charge in [-0.25, -0.2) is 0 Å². The molecular formula is C19H18N2O2. The van der Waals surface area contributed by atoms with Crippen molar-refractivity contribution in [2.75, 3.05) is 11.9 Å². The van der Waals surface area contributed by atoms with Crippen LogP contribution in [0.25, 0.3) is 6.08 Å². The Balaban J connectivity index is 1.59. The zero-order valence-electron chi connectivity index (χ0n) is 12.7. The summed E-state index contributed by atoms with van der Waals surface area (Å²) in [5.74, 6) is -0.266. The Kier molecular flexibility index (Phi) is 4.52. The van der Waals surface area contributed by atoms with E-state index >= 15 is 0 Å². The maximum atomic E-state index is 12.3. The SMILES string of the molecule is O=C(Nc1ccccc1)C1CCN1C(=O)/C=C/c1ccccc1. The Hall–Kier alpha value is -2.88. The molecule has 1 unspecified atom stereocenters. The first kappa shape index (κ1) is 15.0. The van der Waals surface area contributed by atoms with Crippen molar-refractivity contribution in [3.8, 4) is 0 Å². The van der Waals surface area contributed by atoms with E-state index in [1.165, 1.54) is 6.08 Å². The average Bonchev–Trinajstić information content (AvgIpc) is 2.54. The fourth-order valence-corrected chi connectivity index (χ4v) is 2.50. The summed E-state index contributed by atoms with van der Waals surface area (Å²) < 4.78 is 0. The summed E-state index contributed by atoms with van der Waals surface area (Å²) >= 11 is 0. The molecule has 0 bridgehead atoms. The van der Waals surface area contributed by atoms with Gasteiger partial charge in [-0.1, -0.05) is 48.5 Å².